The van der Waals surface area contributed by atoms with E-state index in [2.05, 4.69) is 10.1 Å². The van der Waals surface area contributed by atoms with E-state index < -0.39 is 23.4 Å². The number of ether oxygens (including phenoxy) is 1. The lowest BCUT2D eigenvalue weighted by atomic mass is 10.2. The lowest BCUT2D eigenvalue weighted by molar-refractivity contribution is -0.156. The van der Waals surface area contributed by atoms with Crippen LogP contribution in [0, 0.1) is 5.92 Å². The predicted octanol–water partition coefficient (Wildman–Crippen LogP) is -1.04. The van der Waals surface area contributed by atoms with E-state index in [1.165, 1.54) is 6.92 Å². The van der Waals surface area contributed by atoms with E-state index in [0.29, 0.717) is 6.42 Å². The standard InChI is InChI=1S/C7H7NO4/c1-3(9)8-7-2-4(7)5(10)12-6(7)11/h4H,2H2,1H3,(H,8,9)/t4-,7-/m1/s1. The van der Waals surface area contributed by atoms with Crippen molar-refractivity contribution in [2.45, 2.75) is 18.9 Å². The molecule has 0 aromatic carbocycles. The first kappa shape index (κ1) is 7.27. The van der Waals surface area contributed by atoms with Crippen molar-refractivity contribution < 1.29 is 19.1 Å². The summed E-state index contributed by atoms with van der Waals surface area (Å²) in [5, 5.41) is 2.44. The summed E-state index contributed by atoms with van der Waals surface area (Å²) >= 11 is 0. The van der Waals surface area contributed by atoms with Crippen molar-refractivity contribution in [2.75, 3.05) is 0 Å². The van der Waals surface area contributed by atoms with E-state index >= 15 is 0 Å². The smallest absolute Gasteiger partial charge is 0.340 e. The summed E-state index contributed by atoms with van der Waals surface area (Å²) in [6.07, 6.45) is 0.393. The molecular weight excluding hydrogens is 162 g/mol. The van der Waals surface area contributed by atoms with E-state index in [4.69, 9.17) is 0 Å². The van der Waals surface area contributed by atoms with Crippen molar-refractivity contribution in [1.82, 2.24) is 5.32 Å². The first-order valence-electron chi connectivity index (χ1n) is 3.61. The lowest BCUT2D eigenvalue weighted by Crippen LogP contribution is -2.41. The van der Waals surface area contributed by atoms with Crippen LogP contribution in [0.2, 0.25) is 0 Å². The monoisotopic (exact) mass is 169 g/mol. The molecule has 2 atom stereocenters. The van der Waals surface area contributed by atoms with Crippen LogP contribution in [-0.4, -0.2) is 23.4 Å². The second-order valence-corrected chi connectivity index (χ2v) is 3.12. The fourth-order valence-corrected chi connectivity index (χ4v) is 1.53. The molecule has 2 rings (SSSR count). The van der Waals surface area contributed by atoms with Crippen molar-refractivity contribution in [2.24, 2.45) is 5.92 Å². The molecule has 0 radical (unpaired) electrons. The normalized spacial score (nSPS) is 37.2. The van der Waals surface area contributed by atoms with E-state index in [9.17, 15) is 14.4 Å². The number of fused-ring (bicyclic) bond motifs is 1. The zero-order valence-electron chi connectivity index (χ0n) is 6.42. The van der Waals surface area contributed by atoms with Gasteiger partial charge < -0.3 is 10.1 Å². The lowest BCUT2D eigenvalue weighted by Gasteiger charge is -2.07. The van der Waals surface area contributed by atoms with Crippen molar-refractivity contribution >= 4 is 17.8 Å². The van der Waals surface area contributed by atoms with Gasteiger partial charge in [0.05, 0.1) is 5.92 Å². The Labute approximate surface area is 68.1 Å². The van der Waals surface area contributed by atoms with Gasteiger partial charge >= 0.3 is 11.9 Å². The maximum Gasteiger partial charge on any atom is 0.340 e. The number of cyclic esters (lactones) is 2. The van der Waals surface area contributed by atoms with Gasteiger partial charge in [0, 0.05) is 6.92 Å². The molecular formula is C7H7NO4. The molecule has 1 heterocycles. The summed E-state index contributed by atoms with van der Waals surface area (Å²) in [5.41, 5.74) is -0.997. The number of nitrogens with one attached hydrogen (secondary N) is 1. The van der Waals surface area contributed by atoms with Crippen molar-refractivity contribution in [3.63, 3.8) is 0 Å². The number of hydrogen-bond acceptors (Lipinski definition) is 4. The van der Waals surface area contributed by atoms with Crippen LogP contribution >= 0.6 is 0 Å². The molecule has 5 heteroatoms. The van der Waals surface area contributed by atoms with Gasteiger partial charge in [-0.15, -0.1) is 0 Å². The van der Waals surface area contributed by atoms with Crippen LogP contribution in [0.4, 0.5) is 0 Å². The Balaban J connectivity index is 2.20. The maximum atomic E-state index is 11.0. The highest BCUT2D eigenvalue weighted by Crippen LogP contribution is 2.49. The number of hydrogen-bond donors (Lipinski definition) is 1. The van der Waals surface area contributed by atoms with Gasteiger partial charge in [0.1, 0.15) is 0 Å². The molecule has 64 valence electrons. The third kappa shape index (κ3) is 0.704. The van der Waals surface area contributed by atoms with Crippen LogP contribution in [0.1, 0.15) is 13.3 Å². The first-order valence-corrected chi connectivity index (χ1v) is 3.61. The van der Waals surface area contributed by atoms with E-state index in [1.54, 1.807) is 0 Å². The van der Waals surface area contributed by atoms with Gasteiger partial charge in [-0.3, -0.25) is 9.59 Å². The van der Waals surface area contributed by atoms with Crippen LogP contribution in [0.3, 0.4) is 0 Å². The summed E-state index contributed by atoms with van der Waals surface area (Å²) in [6.45, 7) is 1.31. The minimum atomic E-state index is -0.997. The molecule has 2 aliphatic rings. The Hall–Kier alpha value is -1.39. The van der Waals surface area contributed by atoms with Crippen molar-refractivity contribution in [3.05, 3.63) is 0 Å². The molecule has 1 saturated carbocycles. The minimum Gasteiger partial charge on any atom is -0.391 e. The average molecular weight is 169 g/mol. The molecule has 12 heavy (non-hydrogen) atoms. The summed E-state index contributed by atoms with van der Waals surface area (Å²) < 4.78 is 4.33. The zero-order valence-corrected chi connectivity index (χ0v) is 6.42. The second-order valence-electron chi connectivity index (χ2n) is 3.12. The largest absolute Gasteiger partial charge is 0.391 e. The molecule has 0 aromatic heterocycles. The molecule has 1 amide bonds. The quantitative estimate of drug-likeness (QED) is 0.402. The SMILES string of the molecule is CC(=O)N[C@]12C[C@@H]1C(=O)OC2=O. The predicted molar refractivity (Wildman–Crippen MR) is 35.8 cm³/mol. The zero-order chi connectivity index (χ0) is 8.93. The third-order valence-electron chi connectivity index (χ3n) is 2.20. The van der Waals surface area contributed by atoms with Gasteiger partial charge in [-0.2, -0.15) is 0 Å². The number of carbonyl (C=O) groups excluding carboxylic acids is 3. The van der Waals surface area contributed by atoms with Crippen LogP contribution in [0.5, 0.6) is 0 Å². The van der Waals surface area contributed by atoms with Gasteiger partial charge in [-0.1, -0.05) is 0 Å². The molecule has 0 aromatic rings. The van der Waals surface area contributed by atoms with Gasteiger partial charge in [-0.25, -0.2) is 4.79 Å². The summed E-state index contributed by atoms with van der Waals surface area (Å²) in [5.74, 6) is -1.89. The highest BCUT2D eigenvalue weighted by Gasteiger charge is 2.72. The number of rotatable bonds is 1. The van der Waals surface area contributed by atoms with Crippen LogP contribution in [0.15, 0.2) is 0 Å². The molecule has 1 aliphatic heterocycles. The van der Waals surface area contributed by atoms with Crippen LogP contribution in [0.25, 0.3) is 0 Å². The van der Waals surface area contributed by atoms with E-state index in [0.717, 1.165) is 0 Å². The first-order chi connectivity index (χ1) is 5.56. The Kier molecular flexibility index (Phi) is 1.12. The third-order valence-corrected chi connectivity index (χ3v) is 2.20. The Morgan fingerprint density at radius 1 is 1.67 bits per heavy atom. The number of esters is 2. The van der Waals surface area contributed by atoms with E-state index in [-0.39, 0.29) is 5.91 Å². The van der Waals surface area contributed by atoms with Crippen molar-refractivity contribution in [1.29, 1.82) is 0 Å². The summed E-state index contributed by atoms with van der Waals surface area (Å²) in [7, 11) is 0. The molecule has 1 N–H and O–H groups in total. The maximum absolute atomic E-state index is 11.0. The molecule has 0 unspecified atom stereocenters. The summed E-state index contributed by atoms with van der Waals surface area (Å²) in [4.78, 5) is 32.5. The van der Waals surface area contributed by atoms with E-state index in [1.807, 2.05) is 0 Å². The van der Waals surface area contributed by atoms with Gasteiger partial charge in [0.25, 0.3) is 0 Å². The van der Waals surface area contributed by atoms with Gasteiger partial charge in [0.15, 0.2) is 5.54 Å². The average Bonchev–Trinajstić information content (AvgIpc) is 2.57. The fraction of sp³-hybridized carbons (Fsp3) is 0.571. The topological polar surface area (TPSA) is 72.5 Å². The highest BCUT2D eigenvalue weighted by molar-refractivity contribution is 6.08. The van der Waals surface area contributed by atoms with Crippen molar-refractivity contribution in [3.8, 4) is 0 Å². The Morgan fingerprint density at radius 2 is 2.33 bits per heavy atom. The van der Waals surface area contributed by atoms with Gasteiger partial charge in [-0.05, 0) is 6.42 Å². The molecule has 0 spiro atoms. The van der Waals surface area contributed by atoms with Crippen LogP contribution in [-0.2, 0) is 19.1 Å². The molecule has 2 fully saturated rings. The molecule has 1 saturated heterocycles. The van der Waals surface area contributed by atoms with Crippen LogP contribution < -0.4 is 5.32 Å². The molecule has 0 bridgehead atoms. The number of carbonyl (C=O) groups is 3. The minimum absolute atomic E-state index is 0.316. The highest BCUT2D eigenvalue weighted by atomic mass is 16.6. The Bertz CT molecular complexity index is 298. The fourth-order valence-electron chi connectivity index (χ4n) is 1.53. The van der Waals surface area contributed by atoms with Gasteiger partial charge in [0.2, 0.25) is 5.91 Å². The molecule has 1 aliphatic carbocycles. The Morgan fingerprint density at radius 3 is 2.67 bits per heavy atom. The summed E-state index contributed by atoms with van der Waals surface area (Å²) in [6, 6.07) is 0. The second kappa shape index (κ2) is 1.85. The number of amides is 1. The molecule has 5 nitrogen and oxygen atoms in total.